The van der Waals surface area contributed by atoms with Crippen molar-refractivity contribution in [3.05, 3.63) is 0 Å². The summed E-state index contributed by atoms with van der Waals surface area (Å²) in [6, 6.07) is 0. The number of hydrogen-bond acceptors (Lipinski definition) is 3. The van der Waals surface area contributed by atoms with E-state index < -0.39 is 0 Å². The van der Waals surface area contributed by atoms with Crippen LogP contribution in [0.1, 0.15) is 39.0 Å². The second kappa shape index (κ2) is 8.98. The highest BCUT2D eigenvalue weighted by atomic mass is 35.5. The van der Waals surface area contributed by atoms with Crippen molar-refractivity contribution in [2.75, 3.05) is 19.7 Å². The molecular weight excluding hydrogens is 214 g/mol. The molecule has 0 spiro atoms. The van der Waals surface area contributed by atoms with Gasteiger partial charge in [-0.3, -0.25) is 4.79 Å². The first-order valence-corrected chi connectivity index (χ1v) is 5.69. The van der Waals surface area contributed by atoms with E-state index in [2.05, 4.69) is 5.32 Å². The average molecular weight is 236 g/mol. The topological polar surface area (TPSA) is 38.3 Å². The van der Waals surface area contributed by atoms with Crippen LogP contribution < -0.4 is 5.32 Å². The summed E-state index contributed by atoms with van der Waals surface area (Å²) in [6.45, 7) is 4.60. The van der Waals surface area contributed by atoms with Crippen molar-refractivity contribution >= 4 is 18.4 Å². The Labute approximate surface area is 98.4 Å². The lowest BCUT2D eigenvalue weighted by atomic mass is 9.95. The number of halogens is 1. The van der Waals surface area contributed by atoms with Gasteiger partial charge in [-0.15, -0.1) is 12.4 Å². The fourth-order valence-corrected chi connectivity index (χ4v) is 1.94. The van der Waals surface area contributed by atoms with Crippen molar-refractivity contribution in [1.82, 2.24) is 5.32 Å². The van der Waals surface area contributed by atoms with Gasteiger partial charge in [0.2, 0.25) is 0 Å². The first-order chi connectivity index (χ1) is 6.83. The molecule has 1 rings (SSSR count). The van der Waals surface area contributed by atoms with Crippen molar-refractivity contribution in [3.63, 3.8) is 0 Å². The molecule has 1 atom stereocenters. The smallest absolute Gasteiger partial charge is 0.305 e. The minimum Gasteiger partial charge on any atom is -0.466 e. The molecule has 1 N–H and O–H groups in total. The van der Waals surface area contributed by atoms with E-state index in [0.717, 1.165) is 25.4 Å². The van der Waals surface area contributed by atoms with Gasteiger partial charge in [-0.1, -0.05) is 0 Å². The third kappa shape index (κ3) is 6.74. The van der Waals surface area contributed by atoms with Crippen LogP contribution in [0, 0.1) is 5.92 Å². The van der Waals surface area contributed by atoms with E-state index in [1.807, 2.05) is 6.92 Å². The number of carbonyl (C=O) groups is 1. The first kappa shape index (κ1) is 14.7. The molecule has 0 aliphatic carbocycles. The summed E-state index contributed by atoms with van der Waals surface area (Å²) in [5.74, 6) is 0.680. The molecule has 1 aliphatic heterocycles. The molecule has 4 heteroatoms. The highest BCUT2D eigenvalue weighted by molar-refractivity contribution is 5.85. The summed E-state index contributed by atoms with van der Waals surface area (Å²) in [6.07, 6.45) is 5.30. The first-order valence-electron chi connectivity index (χ1n) is 5.69. The molecule has 1 unspecified atom stereocenters. The second-order valence-corrected chi connectivity index (χ2v) is 3.89. The molecule has 1 fully saturated rings. The van der Waals surface area contributed by atoms with Crippen molar-refractivity contribution in [2.24, 2.45) is 5.92 Å². The Morgan fingerprint density at radius 1 is 1.40 bits per heavy atom. The zero-order chi connectivity index (χ0) is 10.2. The van der Waals surface area contributed by atoms with E-state index in [1.54, 1.807) is 0 Å². The molecule has 0 bridgehead atoms. The van der Waals surface area contributed by atoms with Gasteiger partial charge in [0, 0.05) is 6.42 Å². The summed E-state index contributed by atoms with van der Waals surface area (Å²) in [7, 11) is 0. The lowest BCUT2D eigenvalue weighted by Crippen LogP contribution is -2.14. The Hall–Kier alpha value is -0.280. The van der Waals surface area contributed by atoms with Crippen LogP contribution in [0.4, 0.5) is 0 Å². The van der Waals surface area contributed by atoms with Gasteiger partial charge < -0.3 is 10.1 Å². The molecule has 0 saturated carbocycles. The number of hydrogen-bond donors (Lipinski definition) is 1. The van der Waals surface area contributed by atoms with E-state index in [9.17, 15) is 4.79 Å². The standard InChI is InChI=1S/C11H21NO2.ClH/c1-2-14-11(13)6-5-10-4-3-8-12-9-7-10;/h10,12H,2-9H2,1H3;1H. The van der Waals surface area contributed by atoms with Gasteiger partial charge in [-0.05, 0) is 51.6 Å². The number of carbonyl (C=O) groups excluding carboxylic acids is 1. The third-order valence-corrected chi connectivity index (χ3v) is 2.76. The number of ether oxygens (including phenoxy) is 1. The molecule has 1 saturated heterocycles. The SMILES string of the molecule is CCOC(=O)CCC1CCCNCC1.Cl. The van der Waals surface area contributed by atoms with Gasteiger partial charge in [0.25, 0.3) is 0 Å². The van der Waals surface area contributed by atoms with Gasteiger partial charge in [0.1, 0.15) is 0 Å². The largest absolute Gasteiger partial charge is 0.466 e. The number of rotatable bonds is 4. The van der Waals surface area contributed by atoms with Gasteiger partial charge in [0.05, 0.1) is 6.61 Å². The normalized spacial score (nSPS) is 21.3. The molecule has 0 aromatic carbocycles. The highest BCUT2D eigenvalue weighted by Crippen LogP contribution is 2.19. The fraction of sp³-hybridized carbons (Fsp3) is 0.909. The zero-order valence-electron chi connectivity index (χ0n) is 9.46. The van der Waals surface area contributed by atoms with Gasteiger partial charge in [0.15, 0.2) is 0 Å². The van der Waals surface area contributed by atoms with Crippen molar-refractivity contribution < 1.29 is 9.53 Å². The Bertz CT molecular complexity index is 168. The molecule has 0 aromatic rings. The molecule has 0 amide bonds. The molecule has 0 radical (unpaired) electrons. The lowest BCUT2D eigenvalue weighted by Gasteiger charge is -2.12. The van der Waals surface area contributed by atoms with Gasteiger partial charge >= 0.3 is 5.97 Å². The summed E-state index contributed by atoms with van der Waals surface area (Å²) in [5.41, 5.74) is 0. The Morgan fingerprint density at radius 2 is 2.20 bits per heavy atom. The molecule has 3 nitrogen and oxygen atoms in total. The maximum Gasteiger partial charge on any atom is 0.305 e. The quantitative estimate of drug-likeness (QED) is 0.759. The predicted octanol–water partition coefficient (Wildman–Crippen LogP) is 2.14. The number of esters is 1. The van der Waals surface area contributed by atoms with E-state index >= 15 is 0 Å². The molecule has 1 heterocycles. The van der Waals surface area contributed by atoms with Crippen molar-refractivity contribution in [3.8, 4) is 0 Å². The second-order valence-electron chi connectivity index (χ2n) is 3.89. The van der Waals surface area contributed by atoms with Crippen molar-refractivity contribution in [2.45, 2.75) is 39.0 Å². The fourth-order valence-electron chi connectivity index (χ4n) is 1.94. The molecule has 15 heavy (non-hydrogen) atoms. The minimum absolute atomic E-state index is 0. The Kier molecular flexibility index (Phi) is 8.82. The van der Waals surface area contributed by atoms with Crippen LogP contribution in [-0.4, -0.2) is 25.7 Å². The maximum absolute atomic E-state index is 11.1. The van der Waals surface area contributed by atoms with Crippen molar-refractivity contribution in [1.29, 1.82) is 0 Å². The molecule has 0 aromatic heterocycles. The van der Waals surface area contributed by atoms with Crippen LogP contribution in [0.3, 0.4) is 0 Å². The Balaban J connectivity index is 0.00000196. The minimum atomic E-state index is -0.0373. The summed E-state index contributed by atoms with van der Waals surface area (Å²) < 4.78 is 4.91. The Morgan fingerprint density at radius 3 is 2.93 bits per heavy atom. The van der Waals surface area contributed by atoms with E-state index in [1.165, 1.54) is 19.3 Å². The van der Waals surface area contributed by atoms with Crippen LogP contribution >= 0.6 is 12.4 Å². The highest BCUT2D eigenvalue weighted by Gasteiger charge is 2.13. The van der Waals surface area contributed by atoms with Crippen LogP contribution in [0.25, 0.3) is 0 Å². The summed E-state index contributed by atoms with van der Waals surface area (Å²) in [5, 5.41) is 3.37. The maximum atomic E-state index is 11.1. The van der Waals surface area contributed by atoms with Crippen LogP contribution in [0.5, 0.6) is 0 Å². The predicted molar refractivity (Wildman–Crippen MR) is 63.3 cm³/mol. The third-order valence-electron chi connectivity index (χ3n) is 2.76. The average Bonchev–Trinajstić information content (AvgIpc) is 2.43. The number of nitrogens with one attached hydrogen (secondary N) is 1. The molecule has 1 aliphatic rings. The van der Waals surface area contributed by atoms with Crippen LogP contribution in [0.2, 0.25) is 0 Å². The summed E-state index contributed by atoms with van der Waals surface area (Å²) >= 11 is 0. The summed E-state index contributed by atoms with van der Waals surface area (Å²) in [4.78, 5) is 11.1. The van der Waals surface area contributed by atoms with E-state index in [-0.39, 0.29) is 18.4 Å². The monoisotopic (exact) mass is 235 g/mol. The lowest BCUT2D eigenvalue weighted by molar-refractivity contribution is -0.143. The van der Waals surface area contributed by atoms with Gasteiger partial charge in [-0.2, -0.15) is 0 Å². The zero-order valence-corrected chi connectivity index (χ0v) is 10.3. The molecular formula is C11H22ClNO2. The van der Waals surface area contributed by atoms with Crippen LogP contribution in [-0.2, 0) is 9.53 Å². The molecule has 90 valence electrons. The van der Waals surface area contributed by atoms with Gasteiger partial charge in [-0.25, -0.2) is 0 Å². The van der Waals surface area contributed by atoms with Crippen LogP contribution in [0.15, 0.2) is 0 Å². The van der Waals surface area contributed by atoms with E-state index in [4.69, 9.17) is 4.74 Å². The van der Waals surface area contributed by atoms with E-state index in [0.29, 0.717) is 13.0 Å².